The second-order valence-corrected chi connectivity index (χ2v) is 3.85. The zero-order chi connectivity index (χ0) is 9.80. The lowest BCUT2D eigenvalue weighted by Gasteiger charge is -2.13. The minimum Gasteiger partial charge on any atom is -0.326 e. The van der Waals surface area contributed by atoms with Crippen molar-refractivity contribution < 1.29 is 0 Å². The number of rotatable bonds is 3. The Morgan fingerprint density at radius 3 is 2.64 bits per heavy atom. The minimum atomic E-state index is 0.580. The molecule has 1 aliphatic rings. The Hall–Kier alpha value is -0.930. The molecule has 1 aromatic heterocycles. The number of hydrogen-bond acceptors (Lipinski definition) is 3. The molecule has 1 aliphatic heterocycles. The van der Waals surface area contributed by atoms with Gasteiger partial charge in [0.1, 0.15) is 0 Å². The molecule has 1 fully saturated rings. The Labute approximate surface area is 84.9 Å². The first kappa shape index (κ1) is 9.62. The fourth-order valence-corrected chi connectivity index (χ4v) is 1.84. The first-order chi connectivity index (χ1) is 6.88. The third-order valence-corrected chi connectivity index (χ3v) is 2.71. The molecule has 2 heterocycles. The minimum absolute atomic E-state index is 0.580. The Kier molecular flexibility index (Phi) is 3.11. The van der Waals surface area contributed by atoms with E-state index in [0.717, 1.165) is 17.8 Å². The lowest BCUT2D eigenvalue weighted by atomic mass is 10.2. The fraction of sp³-hybridized carbons (Fsp3) is 0.545. The van der Waals surface area contributed by atoms with E-state index in [1.54, 1.807) is 0 Å². The highest BCUT2D eigenvalue weighted by Crippen LogP contribution is 2.11. The zero-order valence-corrected chi connectivity index (χ0v) is 8.45. The summed E-state index contributed by atoms with van der Waals surface area (Å²) in [4.78, 5) is 6.84. The molecule has 0 atom stereocenters. The second kappa shape index (κ2) is 4.53. The highest BCUT2D eigenvalue weighted by atomic mass is 15.1. The van der Waals surface area contributed by atoms with E-state index in [0.29, 0.717) is 6.54 Å². The summed E-state index contributed by atoms with van der Waals surface area (Å²) in [5, 5.41) is 0. The monoisotopic (exact) mass is 191 g/mol. The fourth-order valence-electron chi connectivity index (χ4n) is 1.84. The predicted molar refractivity (Wildman–Crippen MR) is 56.6 cm³/mol. The van der Waals surface area contributed by atoms with Crippen LogP contribution in [-0.4, -0.2) is 23.0 Å². The molecule has 0 saturated carbocycles. The van der Waals surface area contributed by atoms with Crippen molar-refractivity contribution in [2.75, 3.05) is 13.1 Å². The number of pyridine rings is 1. The summed E-state index contributed by atoms with van der Waals surface area (Å²) in [6, 6.07) is 4.15. The molecule has 0 spiro atoms. The smallest absolute Gasteiger partial charge is 0.0544 e. The standard InChI is InChI=1S/C11H17N3/c12-7-10-3-4-11(13-8-10)9-14-5-1-2-6-14/h3-4,8H,1-2,5-7,9,12H2. The molecular weight excluding hydrogens is 174 g/mol. The summed E-state index contributed by atoms with van der Waals surface area (Å²) in [5.41, 5.74) is 7.78. The summed E-state index contributed by atoms with van der Waals surface area (Å²) in [6.45, 7) is 4.02. The van der Waals surface area contributed by atoms with E-state index < -0.39 is 0 Å². The van der Waals surface area contributed by atoms with E-state index in [9.17, 15) is 0 Å². The van der Waals surface area contributed by atoms with Crippen LogP contribution in [0.2, 0.25) is 0 Å². The van der Waals surface area contributed by atoms with Crippen LogP contribution >= 0.6 is 0 Å². The van der Waals surface area contributed by atoms with E-state index in [1.165, 1.54) is 25.9 Å². The first-order valence-electron chi connectivity index (χ1n) is 5.25. The molecule has 3 nitrogen and oxygen atoms in total. The van der Waals surface area contributed by atoms with Crippen LogP contribution in [0, 0.1) is 0 Å². The molecule has 1 saturated heterocycles. The quantitative estimate of drug-likeness (QED) is 0.779. The van der Waals surface area contributed by atoms with Crippen molar-refractivity contribution in [2.24, 2.45) is 5.73 Å². The molecule has 2 N–H and O–H groups in total. The molecule has 0 aliphatic carbocycles. The first-order valence-corrected chi connectivity index (χ1v) is 5.25. The van der Waals surface area contributed by atoms with Crippen molar-refractivity contribution >= 4 is 0 Å². The molecule has 0 aromatic carbocycles. The van der Waals surface area contributed by atoms with E-state index in [2.05, 4.69) is 22.0 Å². The maximum Gasteiger partial charge on any atom is 0.0544 e. The zero-order valence-electron chi connectivity index (χ0n) is 8.45. The van der Waals surface area contributed by atoms with Crippen LogP contribution in [-0.2, 0) is 13.1 Å². The highest BCUT2D eigenvalue weighted by Gasteiger charge is 2.11. The molecule has 3 heteroatoms. The molecule has 76 valence electrons. The maximum atomic E-state index is 5.51. The number of hydrogen-bond donors (Lipinski definition) is 1. The maximum absolute atomic E-state index is 5.51. The third kappa shape index (κ3) is 2.30. The Bertz CT molecular complexity index is 275. The van der Waals surface area contributed by atoms with Gasteiger partial charge in [-0.15, -0.1) is 0 Å². The Balaban J connectivity index is 1.95. The summed E-state index contributed by atoms with van der Waals surface area (Å²) in [7, 11) is 0. The molecule has 2 rings (SSSR count). The van der Waals surface area contributed by atoms with E-state index in [-0.39, 0.29) is 0 Å². The van der Waals surface area contributed by atoms with Crippen molar-refractivity contribution in [1.29, 1.82) is 0 Å². The van der Waals surface area contributed by atoms with Gasteiger partial charge in [0.2, 0.25) is 0 Å². The number of likely N-dealkylation sites (tertiary alicyclic amines) is 1. The number of aromatic nitrogens is 1. The summed E-state index contributed by atoms with van der Waals surface area (Å²) < 4.78 is 0. The lowest BCUT2D eigenvalue weighted by Crippen LogP contribution is -2.19. The Morgan fingerprint density at radius 2 is 2.07 bits per heavy atom. The third-order valence-electron chi connectivity index (χ3n) is 2.71. The van der Waals surface area contributed by atoms with E-state index in [1.807, 2.05) is 6.20 Å². The van der Waals surface area contributed by atoms with E-state index in [4.69, 9.17) is 5.73 Å². The van der Waals surface area contributed by atoms with Crippen LogP contribution in [0.5, 0.6) is 0 Å². The SMILES string of the molecule is NCc1ccc(CN2CCCC2)nc1. The average molecular weight is 191 g/mol. The van der Waals surface area contributed by atoms with Crippen molar-refractivity contribution in [3.63, 3.8) is 0 Å². The molecular formula is C11H17N3. The highest BCUT2D eigenvalue weighted by molar-refractivity contribution is 5.13. The van der Waals surface area contributed by atoms with Crippen molar-refractivity contribution in [2.45, 2.75) is 25.9 Å². The average Bonchev–Trinajstić information content (AvgIpc) is 2.72. The van der Waals surface area contributed by atoms with Gasteiger partial charge in [0.05, 0.1) is 5.69 Å². The number of nitrogens with two attached hydrogens (primary N) is 1. The summed E-state index contributed by atoms with van der Waals surface area (Å²) in [5.74, 6) is 0. The number of nitrogens with zero attached hydrogens (tertiary/aromatic N) is 2. The molecule has 14 heavy (non-hydrogen) atoms. The van der Waals surface area contributed by atoms with Crippen molar-refractivity contribution in [1.82, 2.24) is 9.88 Å². The van der Waals surface area contributed by atoms with Gasteiger partial charge in [-0.2, -0.15) is 0 Å². The van der Waals surface area contributed by atoms with Gasteiger partial charge in [-0.25, -0.2) is 0 Å². The lowest BCUT2D eigenvalue weighted by molar-refractivity contribution is 0.327. The van der Waals surface area contributed by atoms with Crippen LogP contribution in [0.15, 0.2) is 18.3 Å². The molecule has 0 bridgehead atoms. The van der Waals surface area contributed by atoms with Crippen LogP contribution in [0.1, 0.15) is 24.1 Å². The summed E-state index contributed by atoms with van der Waals surface area (Å²) in [6.07, 6.45) is 4.55. The van der Waals surface area contributed by atoms with Gasteiger partial charge in [0.25, 0.3) is 0 Å². The van der Waals surface area contributed by atoms with Crippen molar-refractivity contribution in [3.05, 3.63) is 29.6 Å². The van der Waals surface area contributed by atoms with Gasteiger partial charge in [0.15, 0.2) is 0 Å². The second-order valence-electron chi connectivity index (χ2n) is 3.85. The van der Waals surface area contributed by atoms with E-state index >= 15 is 0 Å². The van der Waals surface area contributed by atoms with Gasteiger partial charge in [-0.05, 0) is 37.6 Å². The molecule has 0 radical (unpaired) electrons. The van der Waals surface area contributed by atoms with Gasteiger partial charge in [0, 0.05) is 19.3 Å². The van der Waals surface area contributed by atoms with Crippen LogP contribution in [0.4, 0.5) is 0 Å². The predicted octanol–water partition coefficient (Wildman–Crippen LogP) is 1.14. The van der Waals surface area contributed by atoms with Gasteiger partial charge >= 0.3 is 0 Å². The van der Waals surface area contributed by atoms with Crippen LogP contribution in [0.25, 0.3) is 0 Å². The Morgan fingerprint density at radius 1 is 1.29 bits per heavy atom. The largest absolute Gasteiger partial charge is 0.326 e. The van der Waals surface area contributed by atoms with Gasteiger partial charge in [-0.3, -0.25) is 9.88 Å². The van der Waals surface area contributed by atoms with Gasteiger partial charge < -0.3 is 5.73 Å². The normalized spacial score (nSPS) is 17.5. The van der Waals surface area contributed by atoms with Crippen molar-refractivity contribution in [3.8, 4) is 0 Å². The summed E-state index contributed by atoms with van der Waals surface area (Å²) >= 11 is 0. The van der Waals surface area contributed by atoms with Crippen LogP contribution < -0.4 is 5.73 Å². The molecule has 0 unspecified atom stereocenters. The molecule has 1 aromatic rings. The topological polar surface area (TPSA) is 42.1 Å². The molecule has 0 amide bonds. The van der Waals surface area contributed by atoms with Gasteiger partial charge in [-0.1, -0.05) is 6.07 Å². The van der Waals surface area contributed by atoms with Crippen LogP contribution in [0.3, 0.4) is 0 Å².